The molecule has 5 heteroatoms. The lowest BCUT2D eigenvalue weighted by Crippen LogP contribution is -2.44. The third-order valence-electron chi connectivity index (χ3n) is 3.58. The van der Waals surface area contributed by atoms with Crippen molar-refractivity contribution < 1.29 is 4.39 Å². The molecule has 0 saturated carbocycles. The molecule has 3 rings (SSSR count). The van der Waals surface area contributed by atoms with Crippen LogP contribution in [0.4, 0.5) is 10.3 Å². The van der Waals surface area contributed by atoms with Gasteiger partial charge in [0, 0.05) is 19.6 Å². The number of halogens is 1. The second kappa shape index (κ2) is 4.57. The van der Waals surface area contributed by atoms with Gasteiger partial charge in [0.25, 0.3) is 0 Å². The number of imidazole rings is 1. The zero-order chi connectivity index (χ0) is 12.5. The van der Waals surface area contributed by atoms with Crippen molar-refractivity contribution in [1.82, 2.24) is 15.3 Å². The van der Waals surface area contributed by atoms with Gasteiger partial charge in [-0.3, -0.25) is 0 Å². The highest BCUT2D eigenvalue weighted by Crippen LogP contribution is 2.20. The van der Waals surface area contributed by atoms with Crippen LogP contribution < -0.4 is 10.2 Å². The summed E-state index contributed by atoms with van der Waals surface area (Å²) in [5.41, 5.74) is 1.56. The molecule has 2 heterocycles. The topological polar surface area (TPSA) is 44.0 Å². The Hall–Kier alpha value is -1.62. The predicted octanol–water partition coefficient (Wildman–Crippen LogP) is 1.89. The number of nitrogens with one attached hydrogen (secondary N) is 2. The lowest BCUT2D eigenvalue weighted by molar-refractivity contribution is 0.442. The average molecular weight is 248 g/mol. The molecule has 0 aliphatic carbocycles. The summed E-state index contributed by atoms with van der Waals surface area (Å²) >= 11 is 0. The maximum absolute atomic E-state index is 13.1. The summed E-state index contributed by atoms with van der Waals surface area (Å²) in [7, 11) is 2.03. The van der Waals surface area contributed by atoms with Gasteiger partial charge in [-0.15, -0.1) is 0 Å². The minimum atomic E-state index is -0.236. The molecule has 18 heavy (non-hydrogen) atoms. The van der Waals surface area contributed by atoms with E-state index >= 15 is 0 Å². The molecule has 0 radical (unpaired) electrons. The van der Waals surface area contributed by atoms with Crippen molar-refractivity contribution >= 4 is 17.0 Å². The molecule has 2 N–H and O–H groups in total. The highest BCUT2D eigenvalue weighted by atomic mass is 19.1. The first-order valence-electron chi connectivity index (χ1n) is 6.33. The van der Waals surface area contributed by atoms with E-state index in [9.17, 15) is 4.39 Å². The van der Waals surface area contributed by atoms with Gasteiger partial charge in [-0.05, 0) is 37.6 Å². The van der Waals surface area contributed by atoms with E-state index in [2.05, 4.69) is 20.2 Å². The van der Waals surface area contributed by atoms with E-state index < -0.39 is 0 Å². The number of hydrogen-bond acceptors (Lipinski definition) is 3. The number of likely N-dealkylation sites (N-methyl/N-ethyl adjacent to an activating group) is 1. The number of fused-ring (bicyclic) bond motifs is 1. The number of H-pyrrole nitrogens is 1. The summed E-state index contributed by atoms with van der Waals surface area (Å²) < 4.78 is 13.1. The van der Waals surface area contributed by atoms with Gasteiger partial charge in [-0.25, -0.2) is 9.37 Å². The smallest absolute Gasteiger partial charge is 0.203 e. The molecule has 0 bridgehead atoms. The Balaban J connectivity index is 1.88. The van der Waals surface area contributed by atoms with E-state index in [0.717, 1.165) is 36.5 Å². The quantitative estimate of drug-likeness (QED) is 0.853. The van der Waals surface area contributed by atoms with E-state index in [1.165, 1.54) is 18.6 Å². The first-order chi connectivity index (χ1) is 8.74. The average Bonchev–Trinajstić information content (AvgIpc) is 2.81. The number of aromatic amines is 1. The Morgan fingerprint density at radius 3 is 3.11 bits per heavy atom. The van der Waals surface area contributed by atoms with Crippen LogP contribution in [0.5, 0.6) is 0 Å². The summed E-state index contributed by atoms with van der Waals surface area (Å²) in [6.07, 6.45) is 2.35. The van der Waals surface area contributed by atoms with Gasteiger partial charge in [-0.1, -0.05) is 0 Å². The Morgan fingerprint density at radius 1 is 1.44 bits per heavy atom. The summed E-state index contributed by atoms with van der Waals surface area (Å²) in [5.74, 6) is 0.573. The van der Waals surface area contributed by atoms with Crippen molar-refractivity contribution in [2.24, 2.45) is 0 Å². The van der Waals surface area contributed by atoms with Crippen LogP contribution in [0.3, 0.4) is 0 Å². The Morgan fingerprint density at radius 2 is 2.33 bits per heavy atom. The highest BCUT2D eigenvalue weighted by Gasteiger charge is 2.20. The first kappa shape index (κ1) is 11.5. The van der Waals surface area contributed by atoms with Crippen LogP contribution in [0.25, 0.3) is 11.0 Å². The van der Waals surface area contributed by atoms with Gasteiger partial charge < -0.3 is 15.2 Å². The van der Waals surface area contributed by atoms with Gasteiger partial charge >= 0.3 is 0 Å². The molecule has 0 amide bonds. The fourth-order valence-electron chi connectivity index (χ4n) is 2.47. The zero-order valence-corrected chi connectivity index (χ0v) is 10.4. The van der Waals surface area contributed by atoms with Gasteiger partial charge in [0.2, 0.25) is 5.95 Å². The van der Waals surface area contributed by atoms with Gasteiger partial charge in [0.15, 0.2) is 0 Å². The number of benzene rings is 1. The molecule has 4 nitrogen and oxygen atoms in total. The third kappa shape index (κ3) is 2.06. The van der Waals surface area contributed by atoms with Crippen LogP contribution in [-0.2, 0) is 0 Å². The summed E-state index contributed by atoms with van der Waals surface area (Å²) in [6.45, 7) is 2.07. The molecule has 0 spiro atoms. The number of anilines is 1. The zero-order valence-electron chi connectivity index (χ0n) is 10.4. The number of piperidine rings is 1. The van der Waals surface area contributed by atoms with E-state index in [-0.39, 0.29) is 5.82 Å². The molecule has 1 saturated heterocycles. The number of rotatable bonds is 2. The molecular formula is C13H17FN4. The van der Waals surface area contributed by atoms with Crippen LogP contribution >= 0.6 is 0 Å². The maximum Gasteiger partial charge on any atom is 0.203 e. The minimum Gasteiger partial charge on any atom is -0.341 e. The number of hydrogen-bond donors (Lipinski definition) is 2. The number of nitrogens with zero attached hydrogens (tertiary/aromatic N) is 2. The monoisotopic (exact) mass is 248 g/mol. The van der Waals surface area contributed by atoms with E-state index in [1.54, 1.807) is 6.07 Å². The van der Waals surface area contributed by atoms with Gasteiger partial charge in [-0.2, -0.15) is 0 Å². The standard InChI is InChI=1S/C13H17FN4/c1-18(10-3-2-6-15-8-10)13-16-11-5-4-9(14)7-12(11)17-13/h4-5,7,10,15H,2-3,6,8H2,1H3,(H,16,17). The molecule has 1 fully saturated rings. The Labute approximate surface area is 105 Å². The second-order valence-corrected chi connectivity index (χ2v) is 4.83. The molecule has 1 aliphatic rings. The highest BCUT2D eigenvalue weighted by molar-refractivity contribution is 5.77. The molecule has 2 aromatic rings. The molecule has 1 unspecified atom stereocenters. The van der Waals surface area contributed by atoms with Crippen molar-refractivity contribution in [2.45, 2.75) is 18.9 Å². The predicted molar refractivity (Wildman–Crippen MR) is 70.3 cm³/mol. The number of aromatic nitrogens is 2. The van der Waals surface area contributed by atoms with Crippen LogP contribution in [0.1, 0.15) is 12.8 Å². The fraction of sp³-hybridized carbons (Fsp3) is 0.462. The van der Waals surface area contributed by atoms with Gasteiger partial charge in [0.1, 0.15) is 5.82 Å². The first-order valence-corrected chi connectivity index (χ1v) is 6.33. The Bertz CT molecular complexity index is 545. The lowest BCUT2D eigenvalue weighted by atomic mass is 10.1. The third-order valence-corrected chi connectivity index (χ3v) is 3.58. The molecular weight excluding hydrogens is 231 g/mol. The largest absolute Gasteiger partial charge is 0.341 e. The van der Waals surface area contributed by atoms with Crippen molar-refractivity contribution in [1.29, 1.82) is 0 Å². The fourth-order valence-corrected chi connectivity index (χ4v) is 2.47. The molecule has 1 aromatic carbocycles. The molecule has 1 aliphatic heterocycles. The normalized spacial score (nSPS) is 20.2. The van der Waals surface area contributed by atoms with Crippen molar-refractivity contribution in [3.63, 3.8) is 0 Å². The SMILES string of the molecule is CN(c1nc2ccc(F)cc2[nH]1)C1CCCNC1. The minimum absolute atomic E-state index is 0.236. The molecule has 1 aromatic heterocycles. The second-order valence-electron chi connectivity index (χ2n) is 4.83. The maximum atomic E-state index is 13.1. The van der Waals surface area contributed by atoms with E-state index in [1.807, 2.05) is 7.05 Å². The van der Waals surface area contributed by atoms with Crippen molar-refractivity contribution in [3.8, 4) is 0 Å². The Kier molecular flexibility index (Phi) is 2.91. The lowest BCUT2D eigenvalue weighted by Gasteiger charge is -2.31. The van der Waals surface area contributed by atoms with Crippen LogP contribution in [0.15, 0.2) is 18.2 Å². The van der Waals surface area contributed by atoms with Crippen LogP contribution in [0, 0.1) is 5.82 Å². The summed E-state index contributed by atoms with van der Waals surface area (Å²) in [6, 6.07) is 5.08. The van der Waals surface area contributed by atoms with Crippen molar-refractivity contribution in [3.05, 3.63) is 24.0 Å². The van der Waals surface area contributed by atoms with Crippen LogP contribution in [0.2, 0.25) is 0 Å². The summed E-state index contributed by atoms with van der Waals surface area (Å²) in [5, 5.41) is 3.39. The van der Waals surface area contributed by atoms with E-state index in [4.69, 9.17) is 0 Å². The van der Waals surface area contributed by atoms with Crippen LogP contribution in [-0.4, -0.2) is 36.1 Å². The molecule has 96 valence electrons. The summed E-state index contributed by atoms with van der Waals surface area (Å²) in [4.78, 5) is 9.83. The molecule has 1 atom stereocenters. The van der Waals surface area contributed by atoms with Crippen molar-refractivity contribution in [2.75, 3.05) is 25.0 Å². The van der Waals surface area contributed by atoms with Gasteiger partial charge in [0.05, 0.1) is 11.0 Å². The van der Waals surface area contributed by atoms with E-state index in [0.29, 0.717) is 6.04 Å².